The molecule has 8 rings (SSSR count). The van der Waals surface area contributed by atoms with E-state index in [4.69, 9.17) is 0 Å². The molecular formula is C36H23NS. The molecule has 0 amide bonds. The summed E-state index contributed by atoms with van der Waals surface area (Å²) >= 11 is 1.86. The molecule has 7 aromatic carbocycles. The van der Waals surface area contributed by atoms with Gasteiger partial charge in [-0.2, -0.15) is 0 Å². The molecule has 0 spiro atoms. The molecule has 0 radical (unpaired) electrons. The van der Waals surface area contributed by atoms with Crippen molar-refractivity contribution in [2.24, 2.45) is 0 Å². The highest BCUT2D eigenvalue weighted by atomic mass is 32.1. The van der Waals surface area contributed by atoms with Crippen LogP contribution in [0.15, 0.2) is 140 Å². The smallest absolute Gasteiger partial charge is 0.0546 e. The fourth-order valence-electron chi connectivity index (χ4n) is 5.90. The Morgan fingerprint density at radius 3 is 1.92 bits per heavy atom. The Morgan fingerprint density at radius 1 is 0.395 bits per heavy atom. The van der Waals surface area contributed by atoms with Crippen LogP contribution in [-0.2, 0) is 0 Å². The maximum Gasteiger partial charge on any atom is 0.0546 e. The quantitative estimate of drug-likeness (QED) is 0.218. The lowest BCUT2D eigenvalue weighted by atomic mass is 9.94. The van der Waals surface area contributed by atoms with Gasteiger partial charge in [-0.15, -0.1) is 11.3 Å². The van der Waals surface area contributed by atoms with Gasteiger partial charge in [0.1, 0.15) is 0 Å². The molecule has 1 nitrogen and oxygen atoms in total. The van der Waals surface area contributed by atoms with Crippen LogP contribution >= 0.6 is 11.3 Å². The number of anilines is 3. The summed E-state index contributed by atoms with van der Waals surface area (Å²) in [4.78, 5) is 2.42. The molecule has 8 aromatic rings. The maximum atomic E-state index is 2.42. The normalized spacial score (nSPS) is 11.7. The van der Waals surface area contributed by atoms with Crippen LogP contribution in [0.3, 0.4) is 0 Å². The van der Waals surface area contributed by atoms with Crippen LogP contribution in [0.4, 0.5) is 17.1 Å². The lowest BCUT2D eigenvalue weighted by molar-refractivity contribution is 1.31. The third kappa shape index (κ3) is 3.24. The van der Waals surface area contributed by atoms with E-state index in [1.165, 1.54) is 63.9 Å². The van der Waals surface area contributed by atoms with Crippen LogP contribution in [-0.4, -0.2) is 0 Å². The highest BCUT2D eigenvalue weighted by Crippen LogP contribution is 2.45. The van der Waals surface area contributed by atoms with Crippen LogP contribution in [0.2, 0.25) is 0 Å². The van der Waals surface area contributed by atoms with E-state index in [0.29, 0.717) is 0 Å². The first kappa shape index (κ1) is 21.4. The molecule has 0 bridgehead atoms. The Labute approximate surface area is 224 Å². The van der Waals surface area contributed by atoms with Crippen LogP contribution in [0.5, 0.6) is 0 Å². The van der Waals surface area contributed by atoms with Crippen molar-refractivity contribution in [1.29, 1.82) is 0 Å². The van der Waals surface area contributed by atoms with Gasteiger partial charge in [-0.3, -0.25) is 0 Å². The summed E-state index contributed by atoms with van der Waals surface area (Å²) < 4.78 is 2.63. The molecule has 0 saturated heterocycles. The first-order valence-corrected chi connectivity index (χ1v) is 13.8. The minimum absolute atomic E-state index is 1.15. The monoisotopic (exact) mass is 501 g/mol. The van der Waals surface area contributed by atoms with Gasteiger partial charge >= 0.3 is 0 Å². The van der Waals surface area contributed by atoms with Gasteiger partial charge in [0, 0.05) is 36.9 Å². The summed E-state index contributed by atoms with van der Waals surface area (Å²) in [7, 11) is 0. The molecular weight excluding hydrogens is 478 g/mol. The van der Waals surface area contributed by atoms with Crippen LogP contribution in [0, 0.1) is 0 Å². The van der Waals surface area contributed by atoms with Crippen molar-refractivity contribution < 1.29 is 0 Å². The summed E-state index contributed by atoms with van der Waals surface area (Å²) in [6.07, 6.45) is 0. The van der Waals surface area contributed by atoms with Gasteiger partial charge in [-0.1, -0.05) is 103 Å². The third-order valence-electron chi connectivity index (χ3n) is 7.60. The van der Waals surface area contributed by atoms with Gasteiger partial charge in [-0.25, -0.2) is 0 Å². The molecule has 0 atom stereocenters. The van der Waals surface area contributed by atoms with Gasteiger partial charge in [-0.05, 0) is 63.3 Å². The second kappa shape index (κ2) is 8.44. The number of fused-ring (bicyclic) bond motifs is 8. The van der Waals surface area contributed by atoms with Crippen LogP contribution in [0.25, 0.3) is 52.5 Å². The third-order valence-corrected chi connectivity index (χ3v) is 8.74. The van der Waals surface area contributed by atoms with Crippen molar-refractivity contribution in [3.8, 4) is 0 Å². The number of para-hydroxylation sites is 1. The molecule has 38 heavy (non-hydrogen) atoms. The van der Waals surface area contributed by atoms with Crippen molar-refractivity contribution in [2.45, 2.75) is 0 Å². The minimum Gasteiger partial charge on any atom is -0.310 e. The van der Waals surface area contributed by atoms with E-state index in [1.54, 1.807) is 0 Å². The van der Waals surface area contributed by atoms with E-state index in [1.807, 2.05) is 11.3 Å². The highest BCUT2D eigenvalue weighted by molar-refractivity contribution is 7.25. The van der Waals surface area contributed by atoms with E-state index in [2.05, 4.69) is 144 Å². The van der Waals surface area contributed by atoms with E-state index < -0.39 is 0 Å². The standard InChI is InChI=1S/C36H23NS/c1-2-11-26(12-3-1)37(27-20-21-31-30-15-8-9-17-34(30)38-35(31)23-27)33-22-25-19-18-24-10-4-5-13-28(24)36(25)32-16-7-6-14-29(32)33/h1-23H. The van der Waals surface area contributed by atoms with Crippen LogP contribution < -0.4 is 4.90 Å². The second-order valence-electron chi connectivity index (χ2n) is 9.78. The molecule has 0 aliphatic rings. The maximum absolute atomic E-state index is 2.42. The summed E-state index contributed by atoms with van der Waals surface area (Å²) in [5.74, 6) is 0. The van der Waals surface area contributed by atoms with Gasteiger partial charge in [0.05, 0.1) is 5.69 Å². The van der Waals surface area contributed by atoms with Crippen molar-refractivity contribution in [1.82, 2.24) is 0 Å². The second-order valence-corrected chi connectivity index (χ2v) is 10.9. The largest absolute Gasteiger partial charge is 0.310 e. The Hall–Kier alpha value is -4.66. The molecule has 0 aliphatic heterocycles. The number of thiophene rings is 1. The molecule has 0 unspecified atom stereocenters. The molecule has 0 fully saturated rings. The van der Waals surface area contributed by atoms with Crippen molar-refractivity contribution >= 4 is 80.9 Å². The Balaban J connectivity index is 1.45. The molecule has 0 aliphatic carbocycles. The average molecular weight is 502 g/mol. The molecule has 2 heteroatoms. The SMILES string of the molecule is c1ccc(N(c2ccc3c(c2)sc2ccccc23)c2cc3ccc4ccccc4c3c3ccccc23)cc1. The molecule has 0 N–H and O–H groups in total. The number of hydrogen-bond acceptors (Lipinski definition) is 2. The van der Waals surface area contributed by atoms with E-state index in [0.717, 1.165) is 5.69 Å². The zero-order chi connectivity index (χ0) is 25.1. The Bertz CT molecular complexity index is 2140. The lowest BCUT2D eigenvalue weighted by Gasteiger charge is -2.28. The predicted octanol–water partition coefficient (Wildman–Crippen LogP) is 11.0. The van der Waals surface area contributed by atoms with Crippen molar-refractivity contribution in [3.63, 3.8) is 0 Å². The topological polar surface area (TPSA) is 3.24 Å². The Kier molecular flexibility index (Phi) is 4.76. The van der Waals surface area contributed by atoms with Crippen molar-refractivity contribution in [3.05, 3.63) is 140 Å². The molecule has 178 valence electrons. The van der Waals surface area contributed by atoms with Crippen LogP contribution in [0.1, 0.15) is 0 Å². The lowest BCUT2D eigenvalue weighted by Crippen LogP contribution is -2.10. The van der Waals surface area contributed by atoms with E-state index in [9.17, 15) is 0 Å². The highest BCUT2D eigenvalue weighted by Gasteiger charge is 2.19. The summed E-state index contributed by atoms with van der Waals surface area (Å²) in [6, 6.07) is 50.8. The predicted molar refractivity (Wildman–Crippen MR) is 167 cm³/mol. The molecule has 0 saturated carbocycles. The molecule has 1 aromatic heterocycles. The summed E-state index contributed by atoms with van der Waals surface area (Å²) in [5.41, 5.74) is 3.51. The van der Waals surface area contributed by atoms with E-state index in [-0.39, 0.29) is 0 Å². The summed E-state index contributed by atoms with van der Waals surface area (Å²) in [5, 5.41) is 10.3. The fraction of sp³-hybridized carbons (Fsp3) is 0. The van der Waals surface area contributed by atoms with Gasteiger partial charge in [0.25, 0.3) is 0 Å². The van der Waals surface area contributed by atoms with E-state index >= 15 is 0 Å². The number of nitrogens with zero attached hydrogens (tertiary/aromatic N) is 1. The fourth-order valence-corrected chi connectivity index (χ4v) is 7.04. The Morgan fingerprint density at radius 2 is 1.05 bits per heavy atom. The molecule has 1 heterocycles. The average Bonchev–Trinajstić information content (AvgIpc) is 3.35. The zero-order valence-corrected chi connectivity index (χ0v) is 21.5. The summed E-state index contributed by atoms with van der Waals surface area (Å²) in [6.45, 7) is 0. The van der Waals surface area contributed by atoms with Gasteiger partial charge in [0.2, 0.25) is 0 Å². The van der Waals surface area contributed by atoms with Gasteiger partial charge in [0.15, 0.2) is 0 Å². The first-order valence-electron chi connectivity index (χ1n) is 12.9. The number of benzene rings is 7. The van der Waals surface area contributed by atoms with Gasteiger partial charge < -0.3 is 4.90 Å². The van der Waals surface area contributed by atoms with Crippen molar-refractivity contribution in [2.75, 3.05) is 4.90 Å². The number of hydrogen-bond donors (Lipinski definition) is 0. The first-order chi connectivity index (χ1) is 18.8. The minimum atomic E-state index is 1.15. The zero-order valence-electron chi connectivity index (χ0n) is 20.6. The number of rotatable bonds is 3.